The van der Waals surface area contributed by atoms with Gasteiger partial charge in [-0.1, -0.05) is 48.0 Å². The molecule has 0 aromatic heterocycles. The fourth-order valence-electron chi connectivity index (χ4n) is 2.31. The first-order valence-electron chi connectivity index (χ1n) is 8.70. The second-order valence-corrected chi connectivity index (χ2v) is 7.44. The summed E-state index contributed by atoms with van der Waals surface area (Å²) in [6, 6.07) is 17.9. The SMILES string of the molecule is CN=C(NCCOc1ccc(C)cc1)NCCS(=O)Cc1ccccc1.I. The molecule has 2 aromatic rings. The van der Waals surface area contributed by atoms with E-state index in [-0.39, 0.29) is 24.0 Å². The van der Waals surface area contributed by atoms with Crippen LogP contribution >= 0.6 is 24.0 Å². The lowest BCUT2D eigenvalue weighted by Crippen LogP contribution is -2.40. The van der Waals surface area contributed by atoms with E-state index in [1.807, 2.05) is 61.5 Å². The van der Waals surface area contributed by atoms with Gasteiger partial charge in [0.05, 0.1) is 6.54 Å². The van der Waals surface area contributed by atoms with Crippen molar-refractivity contribution in [1.82, 2.24) is 10.6 Å². The Morgan fingerprint density at radius 3 is 2.37 bits per heavy atom. The smallest absolute Gasteiger partial charge is 0.191 e. The molecule has 5 nitrogen and oxygen atoms in total. The Hall–Kier alpha value is -1.61. The minimum absolute atomic E-state index is 0. The van der Waals surface area contributed by atoms with Crippen molar-refractivity contribution in [3.8, 4) is 5.75 Å². The van der Waals surface area contributed by atoms with Gasteiger partial charge in [0.25, 0.3) is 0 Å². The molecular formula is C20H28IN3O2S. The number of guanidine groups is 1. The first kappa shape index (κ1) is 23.4. The van der Waals surface area contributed by atoms with Crippen molar-refractivity contribution in [2.24, 2.45) is 4.99 Å². The van der Waals surface area contributed by atoms with Gasteiger partial charge in [0.1, 0.15) is 12.4 Å². The first-order valence-corrected chi connectivity index (χ1v) is 10.2. The van der Waals surface area contributed by atoms with Crippen LogP contribution in [0, 0.1) is 6.92 Å². The van der Waals surface area contributed by atoms with Crippen molar-refractivity contribution in [2.75, 3.05) is 32.5 Å². The second-order valence-electron chi connectivity index (χ2n) is 5.86. The van der Waals surface area contributed by atoms with E-state index in [4.69, 9.17) is 4.74 Å². The maximum Gasteiger partial charge on any atom is 0.191 e. The van der Waals surface area contributed by atoms with Crippen LogP contribution in [0.2, 0.25) is 0 Å². The first-order chi connectivity index (χ1) is 12.7. The second kappa shape index (κ2) is 13.5. The molecule has 1 atom stereocenters. The van der Waals surface area contributed by atoms with Crippen LogP contribution in [-0.2, 0) is 16.6 Å². The quantitative estimate of drug-likeness (QED) is 0.240. The van der Waals surface area contributed by atoms with Crippen molar-refractivity contribution in [1.29, 1.82) is 0 Å². The van der Waals surface area contributed by atoms with Crippen molar-refractivity contribution in [3.05, 3.63) is 65.7 Å². The zero-order valence-electron chi connectivity index (χ0n) is 15.8. The highest BCUT2D eigenvalue weighted by molar-refractivity contribution is 14.0. The highest BCUT2D eigenvalue weighted by atomic mass is 127. The summed E-state index contributed by atoms with van der Waals surface area (Å²) in [7, 11) is 0.826. The van der Waals surface area contributed by atoms with Gasteiger partial charge in [-0.2, -0.15) is 0 Å². The Bertz CT molecular complexity index is 709. The molecule has 0 heterocycles. The molecule has 0 amide bonds. The number of rotatable bonds is 9. The average molecular weight is 501 g/mol. The highest BCUT2D eigenvalue weighted by Crippen LogP contribution is 2.10. The molecule has 7 heteroatoms. The zero-order chi connectivity index (χ0) is 18.6. The van der Waals surface area contributed by atoms with E-state index in [0.717, 1.165) is 11.3 Å². The lowest BCUT2D eigenvalue weighted by atomic mass is 10.2. The molecule has 27 heavy (non-hydrogen) atoms. The van der Waals surface area contributed by atoms with E-state index in [1.165, 1.54) is 5.56 Å². The maximum atomic E-state index is 12.1. The summed E-state index contributed by atoms with van der Waals surface area (Å²) >= 11 is 0. The van der Waals surface area contributed by atoms with Crippen molar-refractivity contribution in [3.63, 3.8) is 0 Å². The number of nitrogens with zero attached hydrogens (tertiary/aromatic N) is 1. The molecule has 2 rings (SSSR count). The van der Waals surface area contributed by atoms with Gasteiger partial charge in [-0.25, -0.2) is 0 Å². The van der Waals surface area contributed by atoms with Gasteiger partial charge in [0, 0.05) is 35.9 Å². The minimum atomic E-state index is -0.894. The van der Waals surface area contributed by atoms with Crippen LogP contribution in [0.3, 0.4) is 0 Å². The molecule has 0 aliphatic rings. The molecule has 2 N–H and O–H groups in total. The van der Waals surface area contributed by atoms with Crippen LogP contribution < -0.4 is 15.4 Å². The molecule has 0 spiro atoms. The van der Waals surface area contributed by atoms with Gasteiger partial charge in [0.15, 0.2) is 5.96 Å². The molecular weight excluding hydrogens is 473 g/mol. The van der Waals surface area contributed by atoms with Crippen molar-refractivity contribution in [2.45, 2.75) is 12.7 Å². The molecule has 0 fully saturated rings. The number of aryl methyl sites for hydroxylation is 1. The number of hydrogen-bond donors (Lipinski definition) is 2. The van der Waals surface area contributed by atoms with Crippen LogP contribution in [0.25, 0.3) is 0 Å². The number of ether oxygens (including phenoxy) is 1. The predicted molar refractivity (Wildman–Crippen MR) is 125 cm³/mol. The number of benzene rings is 2. The van der Waals surface area contributed by atoms with E-state index in [2.05, 4.69) is 15.6 Å². The Balaban J connectivity index is 0.00000364. The molecule has 0 radical (unpaired) electrons. The number of aliphatic imine (C=N–C) groups is 1. The van der Waals surface area contributed by atoms with Gasteiger partial charge in [-0.3, -0.25) is 9.20 Å². The zero-order valence-corrected chi connectivity index (χ0v) is 19.0. The van der Waals surface area contributed by atoms with Crippen molar-refractivity contribution >= 4 is 40.7 Å². The largest absolute Gasteiger partial charge is 0.492 e. The number of nitrogens with one attached hydrogen (secondary N) is 2. The van der Waals surface area contributed by atoms with E-state index >= 15 is 0 Å². The van der Waals surface area contributed by atoms with E-state index in [1.54, 1.807) is 7.05 Å². The third-order valence-electron chi connectivity index (χ3n) is 3.70. The third-order valence-corrected chi connectivity index (χ3v) is 5.02. The summed E-state index contributed by atoms with van der Waals surface area (Å²) in [5, 5.41) is 6.37. The van der Waals surface area contributed by atoms with Crippen LogP contribution in [-0.4, -0.2) is 42.7 Å². The van der Waals surface area contributed by atoms with Crippen molar-refractivity contribution < 1.29 is 8.95 Å². The fraction of sp³-hybridized carbons (Fsp3) is 0.350. The molecule has 0 saturated heterocycles. The minimum Gasteiger partial charge on any atom is -0.492 e. The van der Waals surface area contributed by atoms with Crippen LogP contribution in [0.1, 0.15) is 11.1 Å². The fourth-order valence-corrected chi connectivity index (χ4v) is 3.35. The molecule has 0 saturated carbocycles. The molecule has 0 aliphatic heterocycles. The van der Waals surface area contributed by atoms with Gasteiger partial charge in [0.2, 0.25) is 0 Å². The topological polar surface area (TPSA) is 62.7 Å². The van der Waals surface area contributed by atoms with E-state index in [0.29, 0.717) is 37.2 Å². The highest BCUT2D eigenvalue weighted by Gasteiger charge is 2.03. The predicted octanol–water partition coefficient (Wildman–Crippen LogP) is 3.11. The maximum absolute atomic E-state index is 12.1. The third kappa shape index (κ3) is 9.76. The number of halogens is 1. The lowest BCUT2D eigenvalue weighted by molar-refractivity contribution is 0.322. The average Bonchev–Trinajstić information content (AvgIpc) is 2.66. The van der Waals surface area contributed by atoms with Crippen LogP contribution in [0.15, 0.2) is 59.6 Å². The molecule has 0 aliphatic carbocycles. The summed E-state index contributed by atoms with van der Waals surface area (Å²) in [5.41, 5.74) is 2.31. The van der Waals surface area contributed by atoms with E-state index < -0.39 is 10.8 Å². The summed E-state index contributed by atoms with van der Waals surface area (Å²) in [4.78, 5) is 4.16. The summed E-state index contributed by atoms with van der Waals surface area (Å²) in [6.45, 7) is 3.84. The Morgan fingerprint density at radius 1 is 1.04 bits per heavy atom. The summed E-state index contributed by atoms with van der Waals surface area (Å²) < 4.78 is 17.8. The summed E-state index contributed by atoms with van der Waals surface area (Å²) in [5.74, 6) is 2.71. The Kier molecular flexibility index (Phi) is 11.8. The van der Waals surface area contributed by atoms with Gasteiger partial charge in [-0.15, -0.1) is 24.0 Å². The lowest BCUT2D eigenvalue weighted by Gasteiger charge is -2.12. The molecule has 148 valence electrons. The standard InChI is InChI=1S/C20H27N3O2S.HI/c1-17-8-10-19(11-9-17)25-14-12-22-20(21-2)23-13-15-26(24)16-18-6-4-3-5-7-18;/h3-11H,12-16H2,1-2H3,(H2,21,22,23);1H. The van der Waals surface area contributed by atoms with Gasteiger partial charge >= 0.3 is 0 Å². The van der Waals surface area contributed by atoms with Crippen LogP contribution in [0.5, 0.6) is 5.75 Å². The Labute approximate surface area is 181 Å². The van der Waals surface area contributed by atoms with Crippen LogP contribution in [0.4, 0.5) is 0 Å². The number of hydrogen-bond acceptors (Lipinski definition) is 3. The molecule has 1 unspecified atom stereocenters. The normalized spacial score (nSPS) is 12.0. The van der Waals surface area contributed by atoms with Gasteiger partial charge < -0.3 is 15.4 Å². The molecule has 0 bridgehead atoms. The summed E-state index contributed by atoms with van der Waals surface area (Å²) in [6.07, 6.45) is 0. The van der Waals surface area contributed by atoms with Gasteiger partial charge in [-0.05, 0) is 24.6 Å². The van der Waals surface area contributed by atoms with E-state index in [9.17, 15) is 4.21 Å². The monoisotopic (exact) mass is 501 g/mol. The Morgan fingerprint density at radius 2 is 1.70 bits per heavy atom. The molecule has 2 aromatic carbocycles.